The monoisotopic (exact) mass is 186 g/mol. The Hall–Kier alpha value is -0.0800. The van der Waals surface area contributed by atoms with Crippen LogP contribution in [0.2, 0.25) is 0 Å². The zero-order chi connectivity index (χ0) is 10.2. The molecule has 1 fully saturated rings. The first-order chi connectivity index (χ1) is 5.85. The van der Waals surface area contributed by atoms with E-state index in [1.54, 1.807) is 0 Å². The lowest BCUT2D eigenvalue weighted by atomic mass is 9.66. The predicted molar refractivity (Wildman–Crippen MR) is 53.6 cm³/mol. The van der Waals surface area contributed by atoms with Gasteiger partial charge < -0.3 is 9.84 Å². The van der Waals surface area contributed by atoms with Gasteiger partial charge in [-0.25, -0.2) is 0 Å². The molecule has 0 radical (unpaired) electrons. The summed E-state index contributed by atoms with van der Waals surface area (Å²) in [5.74, 6) is 0.550. The molecule has 2 heteroatoms. The molecule has 1 N–H and O–H groups in total. The van der Waals surface area contributed by atoms with Gasteiger partial charge in [-0.05, 0) is 12.8 Å². The van der Waals surface area contributed by atoms with Crippen molar-refractivity contribution in [3.8, 4) is 0 Å². The Labute approximate surface area is 81.3 Å². The number of hydrogen-bond donors (Lipinski definition) is 1. The van der Waals surface area contributed by atoms with Gasteiger partial charge in [0.2, 0.25) is 0 Å². The van der Waals surface area contributed by atoms with Crippen LogP contribution in [0.1, 0.15) is 41.0 Å². The smallest absolute Gasteiger partial charge is 0.0679 e. The Morgan fingerprint density at radius 2 is 1.85 bits per heavy atom. The SMILES string of the molecule is CC(C)C(C)OC1CC(O)C1(C)C. The molecular formula is C11H22O2. The van der Waals surface area contributed by atoms with Crippen molar-refractivity contribution in [1.29, 1.82) is 0 Å². The quantitative estimate of drug-likeness (QED) is 0.732. The van der Waals surface area contributed by atoms with Crippen LogP contribution in [0, 0.1) is 11.3 Å². The first-order valence-electron chi connectivity index (χ1n) is 5.19. The molecular weight excluding hydrogens is 164 g/mol. The summed E-state index contributed by atoms with van der Waals surface area (Å²) in [6.45, 7) is 10.6. The van der Waals surface area contributed by atoms with E-state index >= 15 is 0 Å². The maximum Gasteiger partial charge on any atom is 0.0679 e. The molecule has 1 aliphatic rings. The van der Waals surface area contributed by atoms with E-state index in [1.165, 1.54) is 0 Å². The van der Waals surface area contributed by atoms with Gasteiger partial charge in [0.05, 0.1) is 18.3 Å². The fraction of sp³-hybridized carbons (Fsp3) is 1.00. The fourth-order valence-corrected chi connectivity index (χ4v) is 1.51. The molecule has 0 aromatic carbocycles. The molecule has 0 heterocycles. The Morgan fingerprint density at radius 1 is 1.31 bits per heavy atom. The minimum Gasteiger partial charge on any atom is -0.392 e. The highest BCUT2D eigenvalue weighted by molar-refractivity contribution is 4.98. The van der Waals surface area contributed by atoms with E-state index in [9.17, 15) is 5.11 Å². The van der Waals surface area contributed by atoms with Gasteiger partial charge in [0.15, 0.2) is 0 Å². The van der Waals surface area contributed by atoms with Crippen molar-refractivity contribution in [2.45, 2.75) is 59.4 Å². The van der Waals surface area contributed by atoms with Crippen LogP contribution in [0.4, 0.5) is 0 Å². The van der Waals surface area contributed by atoms with Crippen molar-refractivity contribution >= 4 is 0 Å². The third kappa shape index (κ3) is 2.05. The van der Waals surface area contributed by atoms with Crippen LogP contribution >= 0.6 is 0 Å². The lowest BCUT2D eigenvalue weighted by molar-refractivity contribution is -0.197. The molecule has 3 atom stereocenters. The van der Waals surface area contributed by atoms with Crippen LogP contribution in [-0.2, 0) is 4.74 Å². The second-order valence-electron chi connectivity index (χ2n) is 5.15. The zero-order valence-electron chi connectivity index (χ0n) is 9.37. The summed E-state index contributed by atoms with van der Waals surface area (Å²) in [4.78, 5) is 0. The molecule has 1 aliphatic carbocycles. The molecule has 0 amide bonds. The minimum atomic E-state index is -0.183. The number of aliphatic hydroxyl groups excluding tert-OH is 1. The number of rotatable bonds is 3. The average Bonchev–Trinajstić information content (AvgIpc) is 2.03. The summed E-state index contributed by atoms with van der Waals surface area (Å²) in [6.07, 6.45) is 1.14. The average molecular weight is 186 g/mol. The van der Waals surface area contributed by atoms with Gasteiger partial charge in [0, 0.05) is 11.8 Å². The Bertz CT molecular complexity index is 175. The molecule has 3 unspecified atom stereocenters. The van der Waals surface area contributed by atoms with Gasteiger partial charge in [-0.2, -0.15) is 0 Å². The molecule has 78 valence electrons. The molecule has 13 heavy (non-hydrogen) atoms. The molecule has 0 bridgehead atoms. The van der Waals surface area contributed by atoms with Gasteiger partial charge >= 0.3 is 0 Å². The first-order valence-corrected chi connectivity index (χ1v) is 5.19. The topological polar surface area (TPSA) is 29.5 Å². The maximum absolute atomic E-state index is 9.52. The third-order valence-corrected chi connectivity index (χ3v) is 3.44. The van der Waals surface area contributed by atoms with Gasteiger partial charge in [-0.15, -0.1) is 0 Å². The van der Waals surface area contributed by atoms with Gasteiger partial charge in [-0.3, -0.25) is 0 Å². The van der Waals surface area contributed by atoms with Crippen LogP contribution in [0.3, 0.4) is 0 Å². The molecule has 1 rings (SSSR count). The normalized spacial score (nSPS) is 34.4. The maximum atomic E-state index is 9.52. The fourth-order valence-electron chi connectivity index (χ4n) is 1.51. The molecule has 0 aliphatic heterocycles. The van der Waals surface area contributed by atoms with Crippen LogP contribution in [0.5, 0.6) is 0 Å². The molecule has 0 spiro atoms. The Balaban J connectivity index is 2.40. The third-order valence-electron chi connectivity index (χ3n) is 3.44. The molecule has 0 aromatic heterocycles. The summed E-state index contributed by atoms with van der Waals surface area (Å²) >= 11 is 0. The van der Waals surface area contributed by atoms with Crippen LogP contribution < -0.4 is 0 Å². The second-order valence-corrected chi connectivity index (χ2v) is 5.15. The number of hydrogen-bond acceptors (Lipinski definition) is 2. The first kappa shape index (κ1) is 11.0. The van der Waals surface area contributed by atoms with E-state index in [4.69, 9.17) is 4.74 Å². The molecule has 2 nitrogen and oxygen atoms in total. The van der Waals surface area contributed by atoms with Crippen LogP contribution in [-0.4, -0.2) is 23.4 Å². The predicted octanol–water partition coefficient (Wildman–Crippen LogP) is 2.21. The van der Waals surface area contributed by atoms with E-state index in [0.29, 0.717) is 5.92 Å². The second kappa shape index (κ2) is 3.58. The summed E-state index contributed by atoms with van der Waals surface area (Å²) in [6, 6.07) is 0. The standard InChI is InChI=1S/C11H22O2/c1-7(2)8(3)13-10-6-9(12)11(10,4)5/h7-10,12H,6H2,1-5H3. The highest BCUT2D eigenvalue weighted by Gasteiger charge is 2.48. The van der Waals surface area contributed by atoms with E-state index in [1.807, 2.05) is 0 Å². The van der Waals surface area contributed by atoms with Crippen molar-refractivity contribution in [2.24, 2.45) is 11.3 Å². The number of ether oxygens (including phenoxy) is 1. The lowest BCUT2D eigenvalue weighted by Crippen LogP contribution is -2.55. The minimum absolute atomic E-state index is 0.0524. The van der Waals surface area contributed by atoms with Crippen molar-refractivity contribution in [2.75, 3.05) is 0 Å². The molecule has 0 saturated heterocycles. The molecule has 1 saturated carbocycles. The summed E-state index contributed by atoms with van der Waals surface area (Å²) in [7, 11) is 0. The van der Waals surface area contributed by atoms with E-state index in [0.717, 1.165) is 6.42 Å². The van der Waals surface area contributed by atoms with Crippen molar-refractivity contribution < 1.29 is 9.84 Å². The molecule has 0 aromatic rings. The van der Waals surface area contributed by atoms with Crippen molar-refractivity contribution in [3.05, 3.63) is 0 Å². The van der Waals surface area contributed by atoms with Crippen molar-refractivity contribution in [3.63, 3.8) is 0 Å². The van der Waals surface area contributed by atoms with E-state index in [-0.39, 0.29) is 23.7 Å². The highest BCUT2D eigenvalue weighted by Crippen LogP contribution is 2.43. The summed E-state index contributed by atoms with van der Waals surface area (Å²) in [5, 5.41) is 9.52. The summed E-state index contributed by atoms with van der Waals surface area (Å²) in [5.41, 5.74) is -0.0524. The van der Waals surface area contributed by atoms with Gasteiger partial charge in [0.1, 0.15) is 0 Å². The Kier molecular flexibility index (Phi) is 3.03. The largest absolute Gasteiger partial charge is 0.392 e. The highest BCUT2D eigenvalue weighted by atomic mass is 16.5. The van der Waals surface area contributed by atoms with E-state index in [2.05, 4.69) is 34.6 Å². The zero-order valence-corrected chi connectivity index (χ0v) is 9.37. The van der Waals surface area contributed by atoms with Crippen LogP contribution in [0.15, 0.2) is 0 Å². The summed E-state index contributed by atoms with van der Waals surface area (Å²) < 4.78 is 5.87. The van der Waals surface area contributed by atoms with Gasteiger partial charge in [-0.1, -0.05) is 27.7 Å². The van der Waals surface area contributed by atoms with Crippen LogP contribution in [0.25, 0.3) is 0 Å². The Morgan fingerprint density at radius 3 is 2.15 bits per heavy atom. The van der Waals surface area contributed by atoms with E-state index < -0.39 is 0 Å². The van der Waals surface area contributed by atoms with Crippen molar-refractivity contribution in [1.82, 2.24) is 0 Å². The van der Waals surface area contributed by atoms with Gasteiger partial charge in [0.25, 0.3) is 0 Å². The lowest BCUT2D eigenvalue weighted by Gasteiger charge is -2.50. The number of aliphatic hydroxyl groups is 1.